The number of epoxide rings is 1. The van der Waals surface area contributed by atoms with Crippen molar-refractivity contribution in [1.82, 2.24) is 4.98 Å². The molecule has 1 saturated carbocycles. The average molecular weight is 457 g/mol. The van der Waals surface area contributed by atoms with E-state index in [4.69, 9.17) is 15.2 Å². The summed E-state index contributed by atoms with van der Waals surface area (Å²) in [6.07, 6.45) is -4.90. The number of hydrogen-bond donors (Lipinski definition) is 2. The fourth-order valence-corrected chi connectivity index (χ4v) is 4.31. The van der Waals surface area contributed by atoms with Crippen LogP contribution in [0.1, 0.15) is 28.9 Å². The molecule has 3 N–H and O–H groups in total. The smallest absolute Gasteiger partial charge is 0.392 e. The third-order valence-electron chi connectivity index (χ3n) is 5.82. The second kappa shape index (κ2) is 7.12. The third-order valence-corrected chi connectivity index (χ3v) is 5.82. The highest BCUT2D eigenvalue weighted by molar-refractivity contribution is 6.02. The number of alkyl halides is 3. The topological polar surface area (TPSA) is 107 Å². The lowest BCUT2D eigenvalue weighted by Crippen LogP contribution is -2.35. The summed E-state index contributed by atoms with van der Waals surface area (Å²) in [6, 6.07) is 4.23. The molecule has 1 aromatic carbocycles. The van der Waals surface area contributed by atoms with Gasteiger partial charge in [0.2, 0.25) is 5.82 Å². The molecule has 2 heterocycles. The normalized spacial score (nSPS) is 26.4. The van der Waals surface area contributed by atoms with E-state index in [9.17, 15) is 31.5 Å². The summed E-state index contributed by atoms with van der Waals surface area (Å²) in [7, 11) is 1.03. The van der Waals surface area contributed by atoms with Crippen molar-refractivity contribution in [2.45, 2.75) is 30.2 Å². The molecule has 2 amide bonds. The number of nitrogens with two attached hydrogens (primary N) is 1. The summed E-state index contributed by atoms with van der Waals surface area (Å²) < 4.78 is 79.2. The number of ether oxygens (including phenoxy) is 2. The predicted molar refractivity (Wildman–Crippen MR) is 98.6 cm³/mol. The van der Waals surface area contributed by atoms with Crippen molar-refractivity contribution < 1.29 is 41.0 Å². The average Bonchev–Trinajstić information content (AvgIpc) is 3.25. The number of rotatable bonds is 5. The van der Waals surface area contributed by atoms with Crippen molar-refractivity contribution in [2.24, 2.45) is 11.7 Å². The number of nitrogens with zero attached hydrogens (tertiary/aromatic N) is 1. The number of halogens is 5. The number of carbonyl (C=O) groups is 2. The second-order valence-electron chi connectivity index (χ2n) is 7.59. The van der Waals surface area contributed by atoms with E-state index >= 15 is 0 Å². The Morgan fingerprint density at radius 1 is 1.25 bits per heavy atom. The zero-order valence-corrected chi connectivity index (χ0v) is 16.4. The molecule has 3 atom stereocenters. The second-order valence-corrected chi connectivity index (χ2v) is 7.59. The molecule has 12 heteroatoms. The van der Waals surface area contributed by atoms with Gasteiger partial charge in [-0.2, -0.15) is 17.6 Å². The zero-order chi connectivity index (χ0) is 23.5. The molecule has 1 saturated heterocycles. The summed E-state index contributed by atoms with van der Waals surface area (Å²) in [5.74, 6) is -7.06. The maximum Gasteiger partial charge on any atom is 0.392 e. The lowest BCUT2D eigenvalue weighted by Gasteiger charge is -2.19. The van der Waals surface area contributed by atoms with Crippen LogP contribution in [0.4, 0.5) is 27.6 Å². The van der Waals surface area contributed by atoms with Gasteiger partial charge >= 0.3 is 6.18 Å². The highest BCUT2D eigenvalue weighted by Gasteiger charge is 2.82. The van der Waals surface area contributed by atoms with Crippen LogP contribution < -0.4 is 15.8 Å². The van der Waals surface area contributed by atoms with Crippen molar-refractivity contribution in [3.8, 4) is 5.75 Å². The van der Waals surface area contributed by atoms with Gasteiger partial charge in [-0.15, -0.1) is 0 Å². The van der Waals surface area contributed by atoms with E-state index in [1.807, 2.05) is 0 Å². The maximum atomic E-state index is 14.3. The molecule has 2 aromatic rings. The maximum absolute atomic E-state index is 14.3. The third kappa shape index (κ3) is 3.17. The molecule has 1 aliphatic carbocycles. The molecule has 1 aliphatic heterocycles. The monoisotopic (exact) mass is 457 g/mol. The molecule has 32 heavy (non-hydrogen) atoms. The Kier molecular flexibility index (Phi) is 4.88. The minimum Gasteiger partial charge on any atom is -0.493 e. The molecule has 4 rings (SSSR count). The highest BCUT2D eigenvalue weighted by Crippen LogP contribution is 2.71. The van der Waals surface area contributed by atoms with E-state index in [0.717, 1.165) is 25.3 Å². The van der Waals surface area contributed by atoms with Crippen LogP contribution >= 0.6 is 0 Å². The van der Waals surface area contributed by atoms with Gasteiger partial charge in [0.25, 0.3) is 11.8 Å². The molecule has 0 bridgehead atoms. The molecule has 170 valence electrons. The number of primary amides is 1. The molecular formula is C20H16F5N3O4. The molecule has 1 aromatic heterocycles. The fraction of sp³-hybridized carbons (Fsp3) is 0.350. The van der Waals surface area contributed by atoms with Crippen LogP contribution in [-0.2, 0) is 15.1 Å². The molecule has 2 unspecified atom stereocenters. The summed E-state index contributed by atoms with van der Waals surface area (Å²) in [4.78, 5) is 28.1. The van der Waals surface area contributed by atoms with Crippen molar-refractivity contribution in [2.75, 3.05) is 12.4 Å². The van der Waals surface area contributed by atoms with Gasteiger partial charge in [0.1, 0.15) is 11.3 Å². The van der Waals surface area contributed by atoms with Crippen LogP contribution in [0.3, 0.4) is 0 Å². The van der Waals surface area contributed by atoms with Gasteiger partial charge in [-0.05, 0) is 30.7 Å². The number of nitrogens with one attached hydrogen (secondary N) is 1. The Labute approximate surface area is 177 Å². The van der Waals surface area contributed by atoms with Gasteiger partial charge in [-0.3, -0.25) is 14.6 Å². The molecule has 2 fully saturated rings. The number of amides is 2. The summed E-state index contributed by atoms with van der Waals surface area (Å²) >= 11 is 0. The fourth-order valence-electron chi connectivity index (χ4n) is 4.31. The summed E-state index contributed by atoms with van der Waals surface area (Å²) in [6.45, 7) is 0. The van der Waals surface area contributed by atoms with Gasteiger partial charge in [0, 0.05) is 23.9 Å². The molecule has 0 spiro atoms. The van der Waals surface area contributed by atoms with Crippen LogP contribution in [-0.4, -0.2) is 35.7 Å². The Hall–Kier alpha value is -3.28. The lowest BCUT2D eigenvalue weighted by atomic mass is 9.87. The first-order chi connectivity index (χ1) is 14.9. The Morgan fingerprint density at radius 2 is 1.97 bits per heavy atom. The molecular weight excluding hydrogens is 441 g/mol. The van der Waals surface area contributed by atoms with Crippen LogP contribution in [0.5, 0.6) is 5.75 Å². The largest absolute Gasteiger partial charge is 0.493 e. The van der Waals surface area contributed by atoms with Crippen LogP contribution in [0.15, 0.2) is 30.5 Å². The van der Waals surface area contributed by atoms with Crippen molar-refractivity contribution in [3.05, 3.63) is 53.4 Å². The summed E-state index contributed by atoms with van der Waals surface area (Å²) in [5, 5.41) is 2.40. The first kappa shape index (κ1) is 21.9. The molecule has 2 aliphatic rings. The number of methoxy groups -OCH3 is 1. The first-order valence-electron chi connectivity index (χ1n) is 9.32. The number of carbonyl (C=O) groups excluding carboxylic acids is 2. The molecule has 7 nitrogen and oxygen atoms in total. The predicted octanol–water partition coefficient (Wildman–Crippen LogP) is 3.04. The number of benzene rings is 1. The van der Waals surface area contributed by atoms with Crippen molar-refractivity contribution in [3.63, 3.8) is 0 Å². The minimum absolute atomic E-state index is 0.0466. The Bertz CT molecular complexity index is 1120. The van der Waals surface area contributed by atoms with E-state index in [1.54, 1.807) is 0 Å². The minimum atomic E-state index is -4.65. The van der Waals surface area contributed by atoms with Crippen LogP contribution in [0, 0.1) is 17.6 Å². The van der Waals surface area contributed by atoms with Crippen molar-refractivity contribution in [1.29, 1.82) is 0 Å². The quantitative estimate of drug-likeness (QED) is 0.530. The zero-order valence-electron chi connectivity index (χ0n) is 16.4. The van der Waals surface area contributed by atoms with Gasteiger partial charge in [0.15, 0.2) is 17.2 Å². The van der Waals surface area contributed by atoms with E-state index in [0.29, 0.717) is 0 Å². The van der Waals surface area contributed by atoms with Crippen LogP contribution in [0.25, 0.3) is 0 Å². The Morgan fingerprint density at radius 3 is 2.59 bits per heavy atom. The SMILES string of the molecule is COc1c(C23C[C@H](C(F)(F)F)CC2(C(=O)Nc2ccnc(C(N)=O)c2)O3)ccc(F)c1F. The highest BCUT2D eigenvalue weighted by atomic mass is 19.4. The van der Waals surface area contributed by atoms with E-state index < -0.39 is 65.3 Å². The van der Waals surface area contributed by atoms with E-state index in [1.165, 1.54) is 12.3 Å². The Balaban J connectivity index is 1.75. The van der Waals surface area contributed by atoms with E-state index in [2.05, 4.69) is 10.3 Å². The van der Waals surface area contributed by atoms with Crippen LogP contribution in [0.2, 0.25) is 0 Å². The standard InChI is InChI=1S/C20H16F5N3O4/c1-31-15-11(2-3-12(21)14(15)22)18-7-9(20(23,24)25)8-19(18,32-18)17(30)28-10-4-5-27-13(6-10)16(26)29/h2-6,9H,7-8H2,1H3,(H2,26,29)(H,27,28,30)/t9-,18?,19?/m0/s1. The van der Waals surface area contributed by atoms with Gasteiger partial charge in [0.05, 0.1) is 13.0 Å². The number of fused-ring (bicyclic) bond motifs is 1. The van der Waals surface area contributed by atoms with E-state index in [-0.39, 0.29) is 16.9 Å². The van der Waals surface area contributed by atoms with Gasteiger partial charge in [-0.1, -0.05) is 0 Å². The summed E-state index contributed by atoms with van der Waals surface area (Å²) in [5.41, 5.74) is 0.926. The number of hydrogen-bond acceptors (Lipinski definition) is 5. The lowest BCUT2D eigenvalue weighted by molar-refractivity contribution is -0.182. The number of pyridine rings is 1. The number of aromatic nitrogens is 1. The van der Waals surface area contributed by atoms with Crippen molar-refractivity contribution >= 4 is 17.5 Å². The first-order valence-corrected chi connectivity index (χ1v) is 9.32. The number of anilines is 1. The van der Waals surface area contributed by atoms with Gasteiger partial charge in [-0.25, -0.2) is 4.39 Å². The molecule has 0 radical (unpaired) electrons. The van der Waals surface area contributed by atoms with Gasteiger partial charge < -0.3 is 20.5 Å².